The molecule has 3 heteroatoms. The number of fused-ring (bicyclic) bond motifs is 2. The summed E-state index contributed by atoms with van der Waals surface area (Å²) in [6.07, 6.45) is 10.6. The van der Waals surface area contributed by atoms with Gasteiger partial charge < -0.3 is 4.90 Å². The van der Waals surface area contributed by atoms with E-state index < -0.39 is 0 Å². The van der Waals surface area contributed by atoms with E-state index >= 15 is 0 Å². The Morgan fingerprint density at radius 3 is 2.44 bits per heavy atom. The minimum atomic E-state index is 0.570. The third-order valence-electron chi connectivity index (χ3n) is 5.48. The fourth-order valence-corrected chi connectivity index (χ4v) is 4.16. The minimum absolute atomic E-state index is 0.570. The number of nitrogens with zero attached hydrogens (tertiary/aromatic N) is 2. The summed E-state index contributed by atoms with van der Waals surface area (Å²) < 4.78 is 0. The molecule has 3 nitrogen and oxygen atoms in total. The van der Waals surface area contributed by atoms with Gasteiger partial charge >= 0.3 is 0 Å². The standard InChI is InChI=1S/C15H27N3/c1-17-13-7-8-14(17)11-18(10-9-13)15(16)12-5-3-2-4-6-12/h12-14,16H,2-11H2,1H3. The summed E-state index contributed by atoms with van der Waals surface area (Å²) in [5, 5.41) is 8.53. The lowest BCUT2D eigenvalue weighted by Crippen LogP contribution is -2.42. The second-order valence-electron chi connectivity index (χ2n) is 6.51. The molecule has 2 aliphatic heterocycles. The predicted molar refractivity (Wildman–Crippen MR) is 75.1 cm³/mol. The summed E-state index contributed by atoms with van der Waals surface area (Å²) in [6.45, 7) is 2.24. The lowest BCUT2D eigenvalue weighted by Gasteiger charge is -2.33. The van der Waals surface area contributed by atoms with Gasteiger partial charge in [0.2, 0.25) is 0 Å². The lowest BCUT2D eigenvalue weighted by molar-refractivity contribution is 0.243. The molecule has 3 rings (SSSR count). The van der Waals surface area contributed by atoms with Crippen LogP contribution in [-0.2, 0) is 0 Å². The summed E-state index contributed by atoms with van der Waals surface area (Å²) >= 11 is 0. The van der Waals surface area contributed by atoms with Crippen LogP contribution in [0.1, 0.15) is 51.4 Å². The van der Waals surface area contributed by atoms with E-state index in [1.807, 2.05) is 0 Å². The van der Waals surface area contributed by atoms with Crippen LogP contribution in [0.25, 0.3) is 0 Å². The van der Waals surface area contributed by atoms with Crippen molar-refractivity contribution in [2.24, 2.45) is 5.92 Å². The van der Waals surface area contributed by atoms with Crippen LogP contribution in [0.5, 0.6) is 0 Å². The molecule has 1 saturated carbocycles. The average Bonchev–Trinajstić information content (AvgIpc) is 2.64. The van der Waals surface area contributed by atoms with Gasteiger partial charge in [0, 0.05) is 31.1 Å². The van der Waals surface area contributed by atoms with E-state index in [1.165, 1.54) is 51.4 Å². The first kappa shape index (κ1) is 12.5. The smallest absolute Gasteiger partial charge is 0.0990 e. The van der Waals surface area contributed by atoms with E-state index in [0.29, 0.717) is 12.0 Å². The normalized spacial score (nSPS) is 34.6. The SMILES string of the molecule is CN1C2CCC1CN(C(=N)C1CCCCC1)CC2. The zero-order chi connectivity index (χ0) is 12.5. The van der Waals surface area contributed by atoms with E-state index in [4.69, 9.17) is 5.41 Å². The number of hydrogen-bond donors (Lipinski definition) is 1. The Morgan fingerprint density at radius 1 is 0.944 bits per heavy atom. The molecular weight excluding hydrogens is 222 g/mol. The van der Waals surface area contributed by atoms with Gasteiger partial charge in [0.15, 0.2) is 0 Å². The predicted octanol–water partition coefficient (Wildman–Crippen LogP) is 2.71. The molecule has 2 heterocycles. The summed E-state index contributed by atoms with van der Waals surface area (Å²) in [5.74, 6) is 1.54. The molecule has 2 atom stereocenters. The molecule has 3 aliphatic rings. The molecule has 18 heavy (non-hydrogen) atoms. The van der Waals surface area contributed by atoms with Crippen LogP contribution in [0.15, 0.2) is 0 Å². The zero-order valence-corrected chi connectivity index (χ0v) is 11.7. The molecule has 1 N–H and O–H groups in total. The number of amidine groups is 1. The van der Waals surface area contributed by atoms with Gasteiger partial charge in [-0.3, -0.25) is 10.3 Å². The lowest BCUT2D eigenvalue weighted by atomic mass is 9.87. The van der Waals surface area contributed by atoms with E-state index in [1.54, 1.807) is 0 Å². The van der Waals surface area contributed by atoms with Crippen molar-refractivity contribution < 1.29 is 0 Å². The number of nitrogens with one attached hydrogen (secondary N) is 1. The molecule has 0 amide bonds. The second-order valence-corrected chi connectivity index (χ2v) is 6.51. The maximum absolute atomic E-state index is 8.53. The van der Waals surface area contributed by atoms with Crippen LogP contribution in [0.4, 0.5) is 0 Å². The molecule has 0 aromatic rings. The van der Waals surface area contributed by atoms with Crippen LogP contribution in [0, 0.1) is 11.3 Å². The monoisotopic (exact) mass is 249 g/mol. The quantitative estimate of drug-likeness (QED) is 0.572. The average molecular weight is 249 g/mol. The molecule has 1 aliphatic carbocycles. The van der Waals surface area contributed by atoms with Crippen molar-refractivity contribution in [3.63, 3.8) is 0 Å². The highest BCUT2D eigenvalue weighted by Gasteiger charge is 2.36. The van der Waals surface area contributed by atoms with Gasteiger partial charge in [-0.05, 0) is 39.2 Å². The van der Waals surface area contributed by atoms with Gasteiger partial charge in [-0.25, -0.2) is 0 Å². The Hall–Kier alpha value is -0.570. The molecule has 102 valence electrons. The highest BCUT2D eigenvalue weighted by Crippen LogP contribution is 2.31. The fourth-order valence-electron chi connectivity index (χ4n) is 4.16. The van der Waals surface area contributed by atoms with E-state index in [0.717, 1.165) is 25.0 Å². The van der Waals surface area contributed by atoms with Crippen molar-refractivity contribution in [2.75, 3.05) is 20.1 Å². The molecule has 0 radical (unpaired) electrons. The molecule has 3 fully saturated rings. The number of likely N-dealkylation sites (tertiary alicyclic amines) is 1. The maximum Gasteiger partial charge on any atom is 0.0990 e. The van der Waals surface area contributed by atoms with Crippen LogP contribution in [-0.4, -0.2) is 47.9 Å². The molecule has 0 aromatic carbocycles. The van der Waals surface area contributed by atoms with Crippen LogP contribution in [0.2, 0.25) is 0 Å². The summed E-state index contributed by atoms with van der Waals surface area (Å²) in [5.41, 5.74) is 0. The first-order valence-electron chi connectivity index (χ1n) is 7.81. The van der Waals surface area contributed by atoms with Gasteiger partial charge in [-0.2, -0.15) is 0 Å². The number of likely N-dealkylation sites (N-methyl/N-ethyl adjacent to an activating group) is 1. The molecule has 2 bridgehead atoms. The van der Waals surface area contributed by atoms with Gasteiger partial charge in [-0.15, -0.1) is 0 Å². The third-order valence-corrected chi connectivity index (χ3v) is 5.48. The fraction of sp³-hybridized carbons (Fsp3) is 0.933. The van der Waals surface area contributed by atoms with Crippen LogP contribution < -0.4 is 0 Å². The van der Waals surface area contributed by atoms with E-state index in [2.05, 4.69) is 16.8 Å². The van der Waals surface area contributed by atoms with Crippen molar-refractivity contribution in [3.8, 4) is 0 Å². The molecule has 2 saturated heterocycles. The summed E-state index contributed by atoms with van der Waals surface area (Å²) in [4.78, 5) is 4.99. The summed E-state index contributed by atoms with van der Waals surface area (Å²) in [6, 6.07) is 1.50. The Morgan fingerprint density at radius 2 is 1.67 bits per heavy atom. The van der Waals surface area contributed by atoms with Crippen LogP contribution in [0.3, 0.4) is 0 Å². The summed E-state index contributed by atoms with van der Waals surface area (Å²) in [7, 11) is 2.29. The van der Waals surface area contributed by atoms with Crippen LogP contribution >= 0.6 is 0 Å². The minimum Gasteiger partial charge on any atom is -0.359 e. The Labute approximate surface area is 111 Å². The zero-order valence-electron chi connectivity index (χ0n) is 11.7. The number of rotatable bonds is 1. The van der Waals surface area contributed by atoms with E-state index in [9.17, 15) is 0 Å². The Kier molecular flexibility index (Phi) is 3.60. The van der Waals surface area contributed by atoms with Crippen molar-refractivity contribution in [1.29, 1.82) is 5.41 Å². The van der Waals surface area contributed by atoms with Gasteiger partial charge in [-0.1, -0.05) is 19.3 Å². The molecule has 2 unspecified atom stereocenters. The number of hydrogen-bond acceptors (Lipinski definition) is 2. The largest absolute Gasteiger partial charge is 0.359 e. The van der Waals surface area contributed by atoms with E-state index in [-0.39, 0.29) is 0 Å². The first-order valence-corrected chi connectivity index (χ1v) is 7.81. The van der Waals surface area contributed by atoms with Crippen molar-refractivity contribution >= 4 is 5.84 Å². The van der Waals surface area contributed by atoms with Crippen molar-refractivity contribution in [1.82, 2.24) is 9.80 Å². The molecule has 0 spiro atoms. The third kappa shape index (κ3) is 2.29. The van der Waals surface area contributed by atoms with Crippen molar-refractivity contribution in [2.45, 2.75) is 63.5 Å². The Balaban J connectivity index is 1.63. The highest BCUT2D eigenvalue weighted by molar-refractivity contribution is 5.81. The molecular formula is C15H27N3. The van der Waals surface area contributed by atoms with Crippen molar-refractivity contribution in [3.05, 3.63) is 0 Å². The molecule has 0 aromatic heterocycles. The van der Waals surface area contributed by atoms with Gasteiger partial charge in [0.05, 0.1) is 5.84 Å². The maximum atomic E-state index is 8.53. The topological polar surface area (TPSA) is 30.3 Å². The highest BCUT2D eigenvalue weighted by atomic mass is 15.3. The first-order chi connectivity index (χ1) is 8.75. The van der Waals surface area contributed by atoms with Gasteiger partial charge in [0.1, 0.15) is 0 Å². The Bertz CT molecular complexity index is 309. The second kappa shape index (κ2) is 5.20. The van der Waals surface area contributed by atoms with Gasteiger partial charge in [0.25, 0.3) is 0 Å².